The second kappa shape index (κ2) is 6.80. The second-order valence-corrected chi connectivity index (χ2v) is 5.67. The summed E-state index contributed by atoms with van der Waals surface area (Å²) in [6.07, 6.45) is -2.20. The van der Waals surface area contributed by atoms with Gasteiger partial charge in [0.15, 0.2) is 5.79 Å². The molecule has 0 aromatic carbocycles. The van der Waals surface area contributed by atoms with Crippen molar-refractivity contribution < 1.29 is 28.5 Å². The number of esters is 1. The topological polar surface area (TPSA) is 112 Å². The molecule has 0 unspecified atom stereocenters. The zero-order chi connectivity index (χ0) is 16.3. The van der Waals surface area contributed by atoms with Crippen molar-refractivity contribution in [3.63, 3.8) is 0 Å². The van der Waals surface area contributed by atoms with Crippen LogP contribution in [0.15, 0.2) is 5.11 Å². The molecule has 22 heavy (non-hydrogen) atoms. The Bertz CT molecular complexity index is 465. The fourth-order valence-corrected chi connectivity index (χ4v) is 2.86. The number of nitrogens with zero attached hydrogens (tertiary/aromatic N) is 3. The summed E-state index contributed by atoms with van der Waals surface area (Å²) in [6, 6.07) is 0. The summed E-state index contributed by atoms with van der Waals surface area (Å²) >= 11 is 0. The Balaban J connectivity index is 2.16. The van der Waals surface area contributed by atoms with Gasteiger partial charge in [-0.2, -0.15) is 0 Å². The first-order chi connectivity index (χ1) is 10.4. The van der Waals surface area contributed by atoms with Crippen LogP contribution in [0, 0.1) is 0 Å². The van der Waals surface area contributed by atoms with E-state index in [4.69, 9.17) is 24.5 Å². The van der Waals surface area contributed by atoms with Crippen molar-refractivity contribution in [3.05, 3.63) is 10.4 Å². The number of hydrogen-bond donors (Lipinski definition) is 0. The zero-order valence-electron chi connectivity index (χ0n) is 13.1. The molecule has 0 N–H and O–H groups in total. The Morgan fingerprint density at radius 1 is 1.36 bits per heavy atom. The van der Waals surface area contributed by atoms with Gasteiger partial charge in [0, 0.05) is 12.0 Å². The van der Waals surface area contributed by atoms with Gasteiger partial charge in [0.25, 0.3) is 0 Å². The number of rotatable bonds is 6. The number of ether oxygens (including phenoxy) is 5. The lowest BCUT2D eigenvalue weighted by Gasteiger charge is -2.27. The summed E-state index contributed by atoms with van der Waals surface area (Å²) in [4.78, 5) is 14.3. The highest BCUT2D eigenvalue weighted by Crippen LogP contribution is 2.41. The summed E-state index contributed by atoms with van der Waals surface area (Å²) in [5.74, 6) is -1.16. The zero-order valence-corrected chi connectivity index (χ0v) is 13.1. The minimum Gasteiger partial charge on any atom is -0.469 e. The molecular weight excluding hydrogens is 294 g/mol. The van der Waals surface area contributed by atoms with Crippen molar-refractivity contribution in [1.82, 2.24) is 0 Å². The van der Waals surface area contributed by atoms with Crippen LogP contribution >= 0.6 is 0 Å². The highest BCUT2D eigenvalue weighted by molar-refractivity contribution is 5.70. The molecule has 2 saturated heterocycles. The number of fused-ring (bicyclic) bond motifs is 1. The van der Waals surface area contributed by atoms with E-state index in [0.29, 0.717) is 0 Å². The van der Waals surface area contributed by atoms with Crippen LogP contribution in [0.25, 0.3) is 10.4 Å². The van der Waals surface area contributed by atoms with E-state index in [9.17, 15) is 4.79 Å². The molecule has 0 aromatic rings. The third kappa shape index (κ3) is 3.50. The van der Waals surface area contributed by atoms with Crippen molar-refractivity contribution in [3.8, 4) is 0 Å². The molecular formula is C13H21N3O6. The van der Waals surface area contributed by atoms with Crippen molar-refractivity contribution in [2.24, 2.45) is 5.11 Å². The van der Waals surface area contributed by atoms with E-state index in [2.05, 4.69) is 14.8 Å². The van der Waals surface area contributed by atoms with Gasteiger partial charge in [-0.15, -0.1) is 0 Å². The summed E-state index contributed by atoms with van der Waals surface area (Å²) < 4.78 is 27.6. The Kier molecular flexibility index (Phi) is 5.25. The summed E-state index contributed by atoms with van der Waals surface area (Å²) in [6.45, 7) is 3.70. The molecule has 2 heterocycles. The quantitative estimate of drug-likeness (QED) is 0.315. The maximum absolute atomic E-state index is 11.5. The largest absolute Gasteiger partial charge is 0.469 e. The lowest BCUT2D eigenvalue weighted by molar-refractivity contribution is -0.200. The number of carbonyl (C=O) groups excluding carboxylic acids is 1. The van der Waals surface area contributed by atoms with Gasteiger partial charge in [0.05, 0.1) is 32.3 Å². The van der Waals surface area contributed by atoms with Crippen LogP contribution in [0.5, 0.6) is 0 Å². The number of methoxy groups -OCH3 is 2. The Morgan fingerprint density at radius 2 is 2.05 bits per heavy atom. The highest BCUT2D eigenvalue weighted by atomic mass is 16.8. The molecule has 0 amide bonds. The van der Waals surface area contributed by atoms with Crippen molar-refractivity contribution in [2.75, 3.05) is 20.8 Å². The molecule has 0 radical (unpaired) electrons. The minimum atomic E-state index is -0.775. The lowest BCUT2D eigenvalue weighted by Crippen LogP contribution is -2.41. The summed E-state index contributed by atoms with van der Waals surface area (Å²) in [5, 5.41) is 3.53. The molecule has 0 spiro atoms. The smallest absolute Gasteiger partial charge is 0.308 e. The molecule has 2 rings (SSSR count). The average molecular weight is 315 g/mol. The maximum Gasteiger partial charge on any atom is 0.308 e. The number of azide groups is 1. The fourth-order valence-electron chi connectivity index (χ4n) is 2.86. The van der Waals surface area contributed by atoms with E-state index in [-0.39, 0.29) is 18.9 Å². The van der Waals surface area contributed by atoms with Crippen molar-refractivity contribution in [1.29, 1.82) is 0 Å². The monoisotopic (exact) mass is 315 g/mol. The number of carbonyl (C=O) groups is 1. The molecule has 9 nitrogen and oxygen atoms in total. The van der Waals surface area contributed by atoms with Gasteiger partial charge in [0.2, 0.25) is 0 Å². The van der Waals surface area contributed by atoms with Gasteiger partial charge in [-0.3, -0.25) is 4.79 Å². The van der Waals surface area contributed by atoms with E-state index in [1.165, 1.54) is 14.2 Å². The van der Waals surface area contributed by atoms with Gasteiger partial charge in [-0.1, -0.05) is 5.11 Å². The molecule has 0 aliphatic carbocycles. The lowest BCUT2D eigenvalue weighted by atomic mass is 10.0. The first-order valence-corrected chi connectivity index (χ1v) is 7.03. The van der Waals surface area contributed by atoms with Gasteiger partial charge in [-0.25, -0.2) is 0 Å². The summed E-state index contributed by atoms with van der Waals surface area (Å²) in [5.41, 5.74) is 8.47. The van der Waals surface area contributed by atoms with Crippen LogP contribution in [0.2, 0.25) is 0 Å². The van der Waals surface area contributed by atoms with Crippen LogP contribution in [-0.4, -0.2) is 63.0 Å². The molecule has 0 aromatic heterocycles. The minimum absolute atomic E-state index is 0.0611. The van der Waals surface area contributed by atoms with Crippen molar-refractivity contribution >= 4 is 5.97 Å². The standard InChI is InChI=1S/C13H21N3O6/c1-13(2)21-11-7(5-9(17)19-4)20-10(12(11)22-13)8(18-3)6-15-16-14/h7-8,10-12H,5-6H2,1-4H3/t7-,8+,10+,11+,12-/m0/s1. The molecule has 0 saturated carbocycles. The predicted octanol–water partition coefficient (Wildman–Crippen LogP) is 1.16. The Morgan fingerprint density at radius 3 is 2.64 bits per heavy atom. The summed E-state index contributed by atoms with van der Waals surface area (Å²) in [7, 11) is 2.83. The average Bonchev–Trinajstić information content (AvgIpc) is 2.95. The van der Waals surface area contributed by atoms with E-state index < -0.39 is 36.3 Å². The fraction of sp³-hybridized carbons (Fsp3) is 0.923. The van der Waals surface area contributed by atoms with Gasteiger partial charge in [-0.05, 0) is 19.4 Å². The molecule has 2 aliphatic rings. The molecule has 0 bridgehead atoms. The molecule has 5 atom stereocenters. The maximum atomic E-state index is 11.5. The molecule has 2 fully saturated rings. The third-order valence-corrected chi connectivity index (χ3v) is 3.78. The highest BCUT2D eigenvalue weighted by Gasteiger charge is 2.57. The number of hydrogen-bond acceptors (Lipinski definition) is 7. The normalized spacial score (nSPS) is 33.8. The predicted molar refractivity (Wildman–Crippen MR) is 73.9 cm³/mol. The SMILES string of the molecule is COC(=O)C[C@@H]1O[C@H]([C@@H](CN=[N+]=[N-])OC)[C@@H]2OC(C)(C)O[C@@H]21. The molecule has 124 valence electrons. The van der Waals surface area contributed by atoms with E-state index >= 15 is 0 Å². The van der Waals surface area contributed by atoms with Gasteiger partial charge in [0.1, 0.15) is 18.3 Å². The van der Waals surface area contributed by atoms with Crippen LogP contribution < -0.4 is 0 Å². The third-order valence-electron chi connectivity index (χ3n) is 3.78. The van der Waals surface area contributed by atoms with Gasteiger partial charge < -0.3 is 23.7 Å². The second-order valence-electron chi connectivity index (χ2n) is 5.67. The first-order valence-electron chi connectivity index (χ1n) is 7.03. The Labute approximate surface area is 128 Å². The van der Waals surface area contributed by atoms with E-state index in [0.717, 1.165) is 0 Å². The van der Waals surface area contributed by atoms with Crippen LogP contribution in [0.4, 0.5) is 0 Å². The van der Waals surface area contributed by atoms with E-state index in [1.807, 2.05) is 0 Å². The van der Waals surface area contributed by atoms with Crippen LogP contribution in [0.1, 0.15) is 20.3 Å². The molecule has 2 aliphatic heterocycles. The van der Waals surface area contributed by atoms with Crippen LogP contribution in [0.3, 0.4) is 0 Å². The molecule has 9 heteroatoms. The van der Waals surface area contributed by atoms with Crippen molar-refractivity contribution in [2.45, 2.75) is 56.6 Å². The van der Waals surface area contributed by atoms with Crippen LogP contribution in [-0.2, 0) is 28.5 Å². The van der Waals surface area contributed by atoms with E-state index in [1.54, 1.807) is 13.8 Å². The Hall–Kier alpha value is -1.38. The first kappa shape index (κ1) is 17.0. The van der Waals surface area contributed by atoms with Gasteiger partial charge >= 0.3 is 5.97 Å².